The van der Waals surface area contributed by atoms with Gasteiger partial charge >= 0.3 is 0 Å². The van der Waals surface area contributed by atoms with Gasteiger partial charge in [-0.3, -0.25) is 0 Å². The molecule has 4 rings (SSSR count). The standard InChI is InChI=1S/C19H23N9O4S2/c1-10(7-8-20)28-34(31,32)14-6-5-11(12-3-2-4-13-16(12)26-19(21)25-13)15(17(14)33(22,29)30)18-23-9-24-27-18/h2-6,10,28H,7-9,20H2,1H3,(H3,21,25,26)(H2,22,29,30)/t10-/m1/s1. The molecule has 0 amide bonds. The molecule has 180 valence electrons. The van der Waals surface area contributed by atoms with Crippen molar-refractivity contribution in [1.29, 1.82) is 0 Å². The van der Waals surface area contributed by atoms with Crippen molar-refractivity contribution in [2.75, 3.05) is 18.9 Å². The highest BCUT2D eigenvalue weighted by atomic mass is 32.2. The van der Waals surface area contributed by atoms with Crippen molar-refractivity contribution in [3.63, 3.8) is 0 Å². The van der Waals surface area contributed by atoms with Crippen molar-refractivity contribution in [3.8, 4) is 11.1 Å². The number of hydrogen-bond acceptors (Lipinski definition) is 10. The lowest BCUT2D eigenvalue weighted by molar-refractivity contribution is 0.545. The molecule has 3 aromatic rings. The molecule has 1 aliphatic heterocycles. The third kappa shape index (κ3) is 4.43. The monoisotopic (exact) mass is 505 g/mol. The van der Waals surface area contributed by atoms with Gasteiger partial charge in [-0.05, 0) is 37.6 Å². The second-order valence-electron chi connectivity index (χ2n) is 7.65. The summed E-state index contributed by atoms with van der Waals surface area (Å²) in [6.45, 7) is 1.82. The lowest BCUT2D eigenvalue weighted by Crippen LogP contribution is -2.35. The first-order valence-corrected chi connectivity index (χ1v) is 13.1. The van der Waals surface area contributed by atoms with E-state index in [0.717, 1.165) is 0 Å². The number of anilines is 1. The highest BCUT2D eigenvalue weighted by Crippen LogP contribution is 2.37. The van der Waals surface area contributed by atoms with E-state index in [1.165, 1.54) is 12.1 Å². The normalized spacial score (nSPS) is 15.1. The maximum atomic E-state index is 13.2. The molecule has 2 heterocycles. The van der Waals surface area contributed by atoms with Crippen molar-refractivity contribution < 1.29 is 16.8 Å². The van der Waals surface area contributed by atoms with Crippen molar-refractivity contribution in [2.45, 2.75) is 29.2 Å². The van der Waals surface area contributed by atoms with Crippen molar-refractivity contribution in [2.24, 2.45) is 26.1 Å². The highest BCUT2D eigenvalue weighted by Gasteiger charge is 2.33. The Morgan fingerprint density at radius 3 is 2.56 bits per heavy atom. The Morgan fingerprint density at radius 1 is 1.15 bits per heavy atom. The minimum Gasteiger partial charge on any atom is -0.369 e. The molecule has 0 radical (unpaired) electrons. The van der Waals surface area contributed by atoms with Crippen LogP contribution in [0.3, 0.4) is 0 Å². The van der Waals surface area contributed by atoms with Gasteiger partial charge in [0.25, 0.3) is 0 Å². The first-order chi connectivity index (χ1) is 16.0. The van der Waals surface area contributed by atoms with Crippen LogP contribution < -0.4 is 21.3 Å². The number of aromatic amines is 1. The zero-order chi connectivity index (χ0) is 24.7. The molecule has 0 saturated carbocycles. The summed E-state index contributed by atoms with van der Waals surface area (Å²) >= 11 is 0. The van der Waals surface area contributed by atoms with E-state index in [0.29, 0.717) is 28.6 Å². The molecule has 34 heavy (non-hydrogen) atoms. The van der Waals surface area contributed by atoms with E-state index in [-0.39, 0.29) is 30.6 Å². The predicted molar refractivity (Wildman–Crippen MR) is 127 cm³/mol. The zero-order valence-corrected chi connectivity index (χ0v) is 19.7. The van der Waals surface area contributed by atoms with Gasteiger partial charge in [-0.1, -0.05) is 18.2 Å². The molecule has 0 spiro atoms. The van der Waals surface area contributed by atoms with Crippen LogP contribution in [0.4, 0.5) is 5.95 Å². The Bertz CT molecular complexity index is 1540. The number of azo groups is 1. The number of fused-ring (bicyclic) bond motifs is 1. The molecule has 0 saturated heterocycles. The molecule has 0 bridgehead atoms. The lowest BCUT2D eigenvalue weighted by Gasteiger charge is -2.19. The van der Waals surface area contributed by atoms with Gasteiger partial charge in [-0.2, -0.15) is 5.11 Å². The number of amidine groups is 1. The molecule has 0 unspecified atom stereocenters. The maximum Gasteiger partial charge on any atom is 0.242 e. The molecule has 15 heteroatoms. The fourth-order valence-corrected chi connectivity index (χ4v) is 6.65. The number of nitrogen functional groups attached to an aromatic ring is 1. The molecule has 0 fully saturated rings. The third-order valence-corrected chi connectivity index (χ3v) is 7.90. The quantitative estimate of drug-likeness (QED) is 0.293. The van der Waals surface area contributed by atoms with Gasteiger partial charge < -0.3 is 16.5 Å². The van der Waals surface area contributed by atoms with E-state index in [4.69, 9.17) is 16.6 Å². The molecule has 1 atom stereocenters. The minimum atomic E-state index is -4.59. The number of aromatic nitrogens is 2. The Hall–Kier alpha value is -3.24. The Morgan fingerprint density at radius 2 is 1.91 bits per heavy atom. The number of nitrogens with zero attached hydrogens (tertiary/aromatic N) is 4. The second kappa shape index (κ2) is 8.84. The second-order valence-corrected chi connectivity index (χ2v) is 10.8. The molecule has 0 aliphatic carbocycles. The fourth-order valence-electron chi connectivity index (χ4n) is 3.77. The number of benzene rings is 2. The van der Waals surface area contributed by atoms with Gasteiger partial charge in [-0.25, -0.2) is 36.7 Å². The number of nitrogens with one attached hydrogen (secondary N) is 2. The maximum absolute atomic E-state index is 13.2. The summed E-state index contributed by atoms with van der Waals surface area (Å²) in [6, 6.07) is 7.25. The number of imidazole rings is 1. The van der Waals surface area contributed by atoms with Crippen molar-refractivity contribution in [3.05, 3.63) is 35.9 Å². The zero-order valence-electron chi connectivity index (χ0n) is 18.1. The number of hydrogen-bond donors (Lipinski definition) is 5. The summed E-state index contributed by atoms with van der Waals surface area (Å²) in [6.07, 6.45) is 0.346. The van der Waals surface area contributed by atoms with E-state index < -0.39 is 35.9 Å². The van der Waals surface area contributed by atoms with Crippen LogP contribution in [0.15, 0.2) is 55.3 Å². The molecule has 1 aliphatic rings. The Kier molecular flexibility index (Phi) is 6.22. The Labute approximate surface area is 195 Å². The van der Waals surface area contributed by atoms with Gasteiger partial charge in [-0.15, -0.1) is 5.11 Å². The van der Waals surface area contributed by atoms with Gasteiger partial charge in [0.1, 0.15) is 9.79 Å². The number of rotatable bonds is 8. The summed E-state index contributed by atoms with van der Waals surface area (Å²) in [5, 5.41) is 13.3. The minimum absolute atomic E-state index is 0.0405. The summed E-state index contributed by atoms with van der Waals surface area (Å²) in [5.74, 6) is 0.0949. The summed E-state index contributed by atoms with van der Waals surface area (Å²) in [5.41, 5.74) is 13.1. The molecule has 2 aromatic carbocycles. The van der Waals surface area contributed by atoms with E-state index in [1.807, 2.05) is 0 Å². The van der Waals surface area contributed by atoms with Gasteiger partial charge in [0.15, 0.2) is 18.5 Å². The van der Waals surface area contributed by atoms with Gasteiger partial charge in [0, 0.05) is 11.6 Å². The van der Waals surface area contributed by atoms with Gasteiger partial charge in [0.05, 0.1) is 16.6 Å². The van der Waals surface area contributed by atoms with Crippen LogP contribution in [0.2, 0.25) is 0 Å². The lowest BCUT2D eigenvalue weighted by atomic mass is 9.97. The molecular formula is C19H23N9O4S2. The highest BCUT2D eigenvalue weighted by molar-refractivity contribution is 7.92. The van der Waals surface area contributed by atoms with Crippen LogP contribution >= 0.6 is 0 Å². The van der Waals surface area contributed by atoms with E-state index in [9.17, 15) is 16.8 Å². The molecule has 1 aromatic heterocycles. The van der Waals surface area contributed by atoms with Gasteiger partial charge in [0.2, 0.25) is 20.0 Å². The van der Waals surface area contributed by atoms with Crippen LogP contribution in [0.5, 0.6) is 0 Å². The van der Waals surface area contributed by atoms with Crippen LogP contribution in [-0.2, 0) is 20.0 Å². The summed E-state index contributed by atoms with van der Waals surface area (Å²) in [7, 11) is -8.91. The average Bonchev–Trinajstić information content (AvgIpc) is 3.40. The number of primary sulfonamides is 1. The largest absolute Gasteiger partial charge is 0.369 e. The summed E-state index contributed by atoms with van der Waals surface area (Å²) < 4.78 is 54.5. The summed E-state index contributed by atoms with van der Waals surface area (Å²) in [4.78, 5) is 10.2. The van der Waals surface area contributed by atoms with Crippen LogP contribution in [0.25, 0.3) is 22.2 Å². The Balaban J connectivity index is 2.07. The first kappa shape index (κ1) is 23.9. The fraction of sp³-hybridized carbons (Fsp3) is 0.263. The number of H-pyrrole nitrogens is 1. The molecular weight excluding hydrogens is 482 g/mol. The van der Waals surface area contributed by atoms with Crippen molar-refractivity contribution >= 4 is 42.9 Å². The number of sulfonamides is 2. The van der Waals surface area contributed by atoms with E-state index in [1.54, 1.807) is 25.1 Å². The number of para-hydroxylation sites is 1. The molecule has 8 N–H and O–H groups in total. The third-order valence-electron chi connectivity index (χ3n) is 5.15. The van der Waals surface area contributed by atoms with E-state index >= 15 is 0 Å². The average molecular weight is 506 g/mol. The topological polar surface area (TPSA) is 224 Å². The van der Waals surface area contributed by atoms with Crippen LogP contribution in [0, 0.1) is 0 Å². The SMILES string of the molecule is C[C@H](CCN)NS(=O)(=O)c1ccc(-c2cccc3[nH]c(N)nc23)c(C2=NCN=N2)c1S(N)(=O)=O. The number of aliphatic imine (C=N–C) groups is 1. The van der Waals surface area contributed by atoms with Crippen LogP contribution in [-0.4, -0.2) is 51.9 Å². The first-order valence-electron chi connectivity index (χ1n) is 10.1. The number of nitrogens with two attached hydrogens (primary N) is 3. The smallest absolute Gasteiger partial charge is 0.242 e. The van der Waals surface area contributed by atoms with Crippen molar-refractivity contribution in [1.82, 2.24) is 14.7 Å². The predicted octanol–water partition coefficient (Wildman–Crippen LogP) is 0.645. The van der Waals surface area contributed by atoms with E-state index in [2.05, 4.69) is 29.9 Å². The molecule has 13 nitrogen and oxygen atoms in total. The van der Waals surface area contributed by atoms with Crippen LogP contribution in [0.1, 0.15) is 18.9 Å².